The summed E-state index contributed by atoms with van der Waals surface area (Å²) in [5.74, 6) is 2.48. The third kappa shape index (κ3) is 4.12. The molecule has 6 heteroatoms. The maximum atomic E-state index is 6.15. The van der Waals surface area contributed by atoms with Gasteiger partial charge in [0.25, 0.3) is 0 Å². The van der Waals surface area contributed by atoms with Gasteiger partial charge in [0.05, 0.1) is 7.11 Å². The zero-order valence-corrected chi connectivity index (χ0v) is 16.6. The normalized spacial score (nSPS) is 10.9. The van der Waals surface area contributed by atoms with Crippen molar-refractivity contribution in [1.82, 2.24) is 14.8 Å². The number of methoxy groups -OCH3 is 1. The molecular formula is C22H21N3O2S. The predicted molar refractivity (Wildman–Crippen MR) is 112 cm³/mol. The summed E-state index contributed by atoms with van der Waals surface area (Å²) in [6.45, 7) is 0.478. The van der Waals surface area contributed by atoms with E-state index in [2.05, 4.69) is 28.3 Å². The first-order valence-corrected chi connectivity index (χ1v) is 9.95. The predicted octanol–water partition coefficient (Wildman–Crippen LogP) is 4.85. The smallest absolute Gasteiger partial charge is 0.147 e. The van der Waals surface area contributed by atoms with Gasteiger partial charge in [-0.05, 0) is 42.0 Å². The van der Waals surface area contributed by atoms with Crippen LogP contribution in [0.25, 0.3) is 10.9 Å². The van der Waals surface area contributed by atoms with Gasteiger partial charge in [-0.15, -0.1) is 11.8 Å². The first-order valence-electron chi connectivity index (χ1n) is 8.97. The standard InChI is InChI=1S/C22H21N3O2S/c1-25-18(9-11-24-25)15-28-20-12-17-4-3-10-23-22(17)21(13-20)27-14-16-5-7-19(26-2)8-6-16/h3-13H,14-15H2,1-2H3. The lowest BCUT2D eigenvalue weighted by Gasteiger charge is -2.12. The number of aromatic nitrogens is 3. The van der Waals surface area contributed by atoms with Crippen molar-refractivity contribution in [2.45, 2.75) is 17.3 Å². The Morgan fingerprint density at radius 3 is 2.64 bits per heavy atom. The molecule has 0 radical (unpaired) electrons. The highest BCUT2D eigenvalue weighted by Gasteiger charge is 2.09. The summed E-state index contributed by atoms with van der Waals surface area (Å²) in [6.07, 6.45) is 3.62. The lowest BCUT2D eigenvalue weighted by Crippen LogP contribution is -1.98. The molecule has 0 spiro atoms. The molecule has 0 aliphatic carbocycles. The van der Waals surface area contributed by atoms with Gasteiger partial charge in [-0.25, -0.2) is 0 Å². The molecule has 142 valence electrons. The molecule has 0 saturated carbocycles. The number of hydrogen-bond donors (Lipinski definition) is 0. The van der Waals surface area contributed by atoms with Crippen molar-refractivity contribution in [1.29, 1.82) is 0 Å². The van der Waals surface area contributed by atoms with Crippen LogP contribution in [0.1, 0.15) is 11.3 Å². The monoisotopic (exact) mass is 391 g/mol. The molecule has 0 N–H and O–H groups in total. The van der Waals surface area contributed by atoms with Crippen molar-refractivity contribution >= 4 is 22.7 Å². The highest BCUT2D eigenvalue weighted by Crippen LogP contribution is 2.33. The fourth-order valence-electron chi connectivity index (χ4n) is 2.91. The van der Waals surface area contributed by atoms with Crippen LogP contribution in [0.3, 0.4) is 0 Å². The number of benzene rings is 2. The van der Waals surface area contributed by atoms with Crippen LogP contribution in [0, 0.1) is 0 Å². The molecule has 0 amide bonds. The van der Waals surface area contributed by atoms with Gasteiger partial charge in [0.1, 0.15) is 23.6 Å². The molecule has 0 unspecified atom stereocenters. The molecule has 0 bridgehead atoms. The van der Waals surface area contributed by atoms with Crippen LogP contribution in [0.15, 0.2) is 71.9 Å². The van der Waals surface area contributed by atoms with E-state index in [1.165, 1.54) is 5.69 Å². The minimum Gasteiger partial charge on any atom is -0.497 e. The highest BCUT2D eigenvalue weighted by atomic mass is 32.2. The Morgan fingerprint density at radius 1 is 1.04 bits per heavy atom. The lowest BCUT2D eigenvalue weighted by atomic mass is 10.2. The van der Waals surface area contributed by atoms with Gasteiger partial charge in [-0.2, -0.15) is 5.10 Å². The van der Waals surface area contributed by atoms with Gasteiger partial charge in [0.2, 0.25) is 0 Å². The van der Waals surface area contributed by atoms with Crippen molar-refractivity contribution < 1.29 is 9.47 Å². The largest absolute Gasteiger partial charge is 0.497 e. The van der Waals surface area contributed by atoms with Crippen molar-refractivity contribution in [3.63, 3.8) is 0 Å². The van der Waals surface area contributed by atoms with Crippen LogP contribution in [-0.4, -0.2) is 21.9 Å². The molecule has 0 aliphatic heterocycles. The van der Waals surface area contributed by atoms with Crippen LogP contribution in [-0.2, 0) is 19.4 Å². The van der Waals surface area contributed by atoms with Crippen molar-refractivity contribution in [2.24, 2.45) is 7.05 Å². The number of thioether (sulfide) groups is 1. The number of hydrogen-bond acceptors (Lipinski definition) is 5. The molecule has 0 saturated heterocycles. The van der Waals surface area contributed by atoms with Gasteiger partial charge in [0.15, 0.2) is 0 Å². The highest BCUT2D eigenvalue weighted by molar-refractivity contribution is 7.98. The van der Waals surface area contributed by atoms with Gasteiger partial charge in [-0.3, -0.25) is 9.67 Å². The van der Waals surface area contributed by atoms with Crippen LogP contribution in [0.5, 0.6) is 11.5 Å². The summed E-state index contributed by atoms with van der Waals surface area (Å²) in [5.41, 5.74) is 3.13. The zero-order chi connectivity index (χ0) is 19.3. The third-order valence-corrected chi connectivity index (χ3v) is 5.52. The third-order valence-electron chi connectivity index (χ3n) is 4.51. The van der Waals surface area contributed by atoms with Crippen molar-refractivity contribution in [2.75, 3.05) is 7.11 Å². The summed E-state index contributed by atoms with van der Waals surface area (Å²) in [7, 11) is 3.63. The number of rotatable bonds is 7. The van der Waals surface area contributed by atoms with Crippen LogP contribution >= 0.6 is 11.8 Å². The molecule has 0 fully saturated rings. The quantitative estimate of drug-likeness (QED) is 0.422. The maximum Gasteiger partial charge on any atom is 0.147 e. The minimum absolute atomic E-state index is 0.478. The van der Waals surface area contributed by atoms with Crippen LogP contribution < -0.4 is 9.47 Å². The lowest BCUT2D eigenvalue weighted by molar-refractivity contribution is 0.308. The second-order valence-corrected chi connectivity index (χ2v) is 7.42. The summed E-state index contributed by atoms with van der Waals surface area (Å²) >= 11 is 1.76. The van der Waals surface area contributed by atoms with E-state index >= 15 is 0 Å². The minimum atomic E-state index is 0.478. The number of fused-ring (bicyclic) bond motifs is 1. The van der Waals surface area contributed by atoms with Gasteiger partial charge < -0.3 is 9.47 Å². The summed E-state index contributed by atoms with van der Waals surface area (Å²) in [6, 6.07) is 18.2. The van der Waals surface area contributed by atoms with E-state index in [9.17, 15) is 0 Å². The number of ether oxygens (including phenoxy) is 2. The fraction of sp³-hybridized carbons (Fsp3) is 0.182. The molecule has 2 heterocycles. The van der Waals surface area contributed by atoms with E-state index in [0.717, 1.165) is 38.6 Å². The molecule has 0 atom stereocenters. The zero-order valence-electron chi connectivity index (χ0n) is 15.8. The van der Waals surface area contributed by atoms with Crippen LogP contribution in [0.4, 0.5) is 0 Å². The Balaban J connectivity index is 1.55. The van der Waals surface area contributed by atoms with Gasteiger partial charge >= 0.3 is 0 Å². The molecule has 0 aliphatic rings. The van der Waals surface area contributed by atoms with Crippen molar-refractivity contribution in [3.8, 4) is 11.5 Å². The van der Waals surface area contributed by atoms with Crippen LogP contribution in [0.2, 0.25) is 0 Å². The van der Waals surface area contributed by atoms with Crippen molar-refractivity contribution in [3.05, 3.63) is 78.2 Å². The SMILES string of the molecule is COc1ccc(COc2cc(SCc3ccnn3C)cc3cccnc23)cc1. The van der Waals surface area contributed by atoms with E-state index in [-0.39, 0.29) is 0 Å². The molecular weight excluding hydrogens is 370 g/mol. The Kier molecular flexibility index (Phi) is 5.48. The Morgan fingerprint density at radius 2 is 1.89 bits per heavy atom. The molecule has 2 aromatic heterocycles. The Hall–Kier alpha value is -2.99. The van der Waals surface area contributed by atoms with E-state index in [4.69, 9.17) is 9.47 Å². The average Bonchev–Trinajstić information content (AvgIpc) is 3.15. The second-order valence-electron chi connectivity index (χ2n) is 6.37. The Bertz CT molecular complexity index is 1080. The molecule has 4 aromatic rings. The average molecular weight is 391 g/mol. The Labute approximate surface area is 168 Å². The van der Waals surface area contributed by atoms with Gasteiger partial charge in [0, 0.05) is 41.2 Å². The maximum absolute atomic E-state index is 6.15. The number of pyridine rings is 1. The van der Waals surface area contributed by atoms with E-state index in [1.807, 2.05) is 54.3 Å². The fourth-order valence-corrected chi connectivity index (χ4v) is 3.91. The summed E-state index contributed by atoms with van der Waals surface area (Å²) in [4.78, 5) is 5.66. The van der Waals surface area contributed by atoms with E-state index in [1.54, 1.807) is 25.1 Å². The second kappa shape index (κ2) is 8.35. The first kappa shape index (κ1) is 18.4. The number of nitrogens with zero attached hydrogens (tertiary/aromatic N) is 3. The van der Waals surface area contributed by atoms with E-state index in [0.29, 0.717) is 6.61 Å². The van der Waals surface area contributed by atoms with E-state index < -0.39 is 0 Å². The number of aryl methyl sites for hydroxylation is 1. The topological polar surface area (TPSA) is 49.2 Å². The molecule has 4 rings (SSSR count). The molecule has 5 nitrogen and oxygen atoms in total. The molecule has 28 heavy (non-hydrogen) atoms. The first-order chi connectivity index (χ1) is 13.7. The van der Waals surface area contributed by atoms with Gasteiger partial charge in [-0.1, -0.05) is 18.2 Å². The summed E-state index contributed by atoms with van der Waals surface area (Å²) < 4.78 is 13.3. The molecule has 2 aromatic carbocycles. The summed E-state index contributed by atoms with van der Waals surface area (Å²) in [5, 5.41) is 5.30.